The Morgan fingerprint density at radius 3 is 2.64 bits per heavy atom. The van der Waals surface area contributed by atoms with Crippen molar-refractivity contribution in [2.24, 2.45) is 5.92 Å². The molecule has 4 rings (SSSR count). The van der Waals surface area contributed by atoms with Crippen LogP contribution in [0.3, 0.4) is 0 Å². The van der Waals surface area contributed by atoms with Crippen LogP contribution < -0.4 is 4.90 Å². The fourth-order valence-electron chi connectivity index (χ4n) is 3.75. The molecule has 3 aliphatic rings. The van der Waals surface area contributed by atoms with Gasteiger partial charge in [0.2, 0.25) is 11.8 Å². The number of anilines is 1. The van der Waals surface area contributed by atoms with Crippen LogP contribution in [0.2, 0.25) is 0 Å². The van der Waals surface area contributed by atoms with Crippen LogP contribution in [0.4, 0.5) is 5.69 Å². The van der Waals surface area contributed by atoms with E-state index in [-0.39, 0.29) is 17.7 Å². The van der Waals surface area contributed by atoms with E-state index in [1.165, 1.54) is 5.56 Å². The molecule has 116 valence electrons. The maximum Gasteiger partial charge on any atom is 0.228 e. The second-order valence-corrected chi connectivity index (χ2v) is 7.91. The summed E-state index contributed by atoms with van der Waals surface area (Å²) in [6.45, 7) is 3.44. The molecule has 0 aromatic heterocycles. The Hall–Kier alpha value is -1.49. The molecule has 0 radical (unpaired) electrons. The minimum absolute atomic E-state index is 0.0703. The van der Waals surface area contributed by atoms with Crippen LogP contribution in [0, 0.1) is 12.8 Å². The van der Waals surface area contributed by atoms with Gasteiger partial charge >= 0.3 is 0 Å². The zero-order chi connectivity index (χ0) is 15.3. The lowest BCUT2D eigenvalue weighted by Gasteiger charge is -2.29. The first-order valence-corrected chi connectivity index (χ1v) is 8.96. The van der Waals surface area contributed by atoms with Gasteiger partial charge in [0.1, 0.15) is 0 Å². The highest BCUT2D eigenvalue weighted by atomic mass is 32.2. The van der Waals surface area contributed by atoms with Crippen LogP contribution in [0.1, 0.15) is 18.4 Å². The molecule has 1 aromatic rings. The number of carbonyl (C=O) groups is 2. The predicted octanol–water partition coefficient (Wildman–Crippen LogP) is 2.06. The molecule has 0 saturated carbocycles. The first-order valence-electron chi connectivity index (χ1n) is 7.91. The third-order valence-corrected chi connectivity index (χ3v) is 6.39. The third kappa shape index (κ3) is 2.32. The van der Waals surface area contributed by atoms with E-state index < -0.39 is 0 Å². The monoisotopic (exact) mass is 316 g/mol. The highest BCUT2D eigenvalue weighted by molar-refractivity contribution is 8.00. The van der Waals surface area contributed by atoms with Crippen LogP contribution in [0.5, 0.6) is 0 Å². The number of thioether (sulfide) groups is 1. The molecule has 1 aromatic carbocycles. The number of hydrogen-bond acceptors (Lipinski definition) is 3. The van der Waals surface area contributed by atoms with Crippen LogP contribution in [-0.2, 0) is 9.59 Å². The Labute approximate surface area is 134 Å². The molecule has 0 spiro atoms. The smallest absolute Gasteiger partial charge is 0.228 e. The summed E-state index contributed by atoms with van der Waals surface area (Å²) >= 11 is 1.98. The van der Waals surface area contributed by atoms with Crippen molar-refractivity contribution >= 4 is 29.3 Å². The normalized spacial score (nSPS) is 30.4. The van der Waals surface area contributed by atoms with Crippen molar-refractivity contribution in [3.8, 4) is 0 Å². The lowest BCUT2D eigenvalue weighted by molar-refractivity contribution is -0.136. The maximum atomic E-state index is 12.8. The molecule has 3 heterocycles. The van der Waals surface area contributed by atoms with Crippen molar-refractivity contribution in [2.45, 2.75) is 31.1 Å². The van der Waals surface area contributed by atoms with E-state index in [1.54, 1.807) is 4.90 Å². The van der Waals surface area contributed by atoms with Gasteiger partial charge in [0.05, 0.1) is 5.92 Å². The maximum absolute atomic E-state index is 12.8. The SMILES string of the molecule is Cc1ccc(N2C[C@@H](C(=O)N3C[C@H]4C[C@H]3CS4)CC2=O)cc1. The lowest BCUT2D eigenvalue weighted by Crippen LogP contribution is -2.43. The standard InChI is InChI=1S/C17H20N2O2S/c1-11-2-4-13(5-3-11)18-8-12(6-16(18)20)17(21)19-9-15-7-14(19)10-22-15/h2-5,12,14-15H,6-10H2,1H3/t12-,14-,15+/m0/s1. The van der Waals surface area contributed by atoms with Gasteiger partial charge in [-0.1, -0.05) is 17.7 Å². The number of aryl methyl sites for hydroxylation is 1. The number of nitrogens with zero attached hydrogens (tertiary/aromatic N) is 2. The molecule has 3 atom stereocenters. The van der Waals surface area contributed by atoms with E-state index in [0.717, 1.165) is 24.4 Å². The summed E-state index contributed by atoms with van der Waals surface area (Å²) < 4.78 is 0. The summed E-state index contributed by atoms with van der Waals surface area (Å²) in [5.41, 5.74) is 2.08. The van der Waals surface area contributed by atoms with Gasteiger partial charge in [-0.2, -0.15) is 11.8 Å². The number of carbonyl (C=O) groups excluding carboxylic acids is 2. The molecule has 22 heavy (non-hydrogen) atoms. The van der Waals surface area contributed by atoms with Crippen LogP contribution in [0.15, 0.2) is 24.3 Å². The Bertz CT molecular complexity index is 616. The third-order valence-electron chi connectivity index (χ3n) is 5.00. The van der Waals surface area contributed by atoms with E-state index in [1.807, 2.05) is 47.9 Å². The van der Waals surface area contributed by atoms with E-state index in [2.05, 4.69) is 0 Å². The summed E-state index contributed by atoms with van der Waals surface area (Å²) in [6.07, 6.45) is 1.49. The van der Waals surface area contributed by atoms with Crippen LogP contribution >= 0.6 is 11.8 Å². The van der Waals surface area contributed by atoms with Gasteiger partial charge in [0, 0.05) is 42.2 Å². The van der Waals surface area contributed by atoms with Crippen LogP contribution in [0.25, 0.3) is 0 Å². The summed E-state index contributed by atoms with van der Waals surface area (Å²) in [5.74, 6) is 1.16. The largest absolute Gasteiger partial charge is 0.337 e. The van der Waals surface area contributed by atoms with Gasteiger partial charge in [0.25, 0.3) is 0 Å². The van der Waals surface area contributed by atoms with Crippen molar-refractivity contribution in [1.82, 2.24) is 4.90 Å². The predicted molar refractivity (Wildman–Crippen MR) is 88.0 cm³/mol. The van der Waals surface area contributed by atoms with Gasteiger partial charge < -0.3 is 9.80 Å². The molecule has 0 unspecified atom stereocenters. The number of amides is 2. The van der Waals surface area contributed by atoms with Gasteiger partial charge in [0.15, 0.2) is 0 Å². The van der Waals surface area contributed by atoms with Crippen LogP contribution in [-0.4, -0.2) is 46.8 Å². The number of fused-ring (bicyclic) bond motifs is 2. The fraction of sp³-hybridized carbons (Fsp3) is 0.529. The van der Waals surface area contributed by atoms with Crippen molar-refractivity contribution in [3.05, 3.63) is 29.8 Å². The number of likely N-dealkylation sites (tertiary alicyclic amines) is 1. The van der Waals surface area contributed by atoms with E-state index in [4.69, 9.17) is 0 Å². The highest BCUT2D eigenvalue weighted by Gasteiger charge is 2.45. The van der Waals surface area contributed by atoms with Gasteiger partial charge in [-0.3, -0.25) is 9.59 Å². The summed E-state index contributed by atoms with van der Waals surface area (Å²) in [5, 5.41) is 0.624. The van der Waals surface area contributed by atoms with Gasteiger partial charge in [-0.25, -0.2) is 0 Å². The quantitative estimate of drug-likeness (QED) is 0.838. The fourth-order valence-corrected chi connectivity index (χ4v) is 5.19. The second-order valence-electron chi connectivity index (χ2n) is 6.58. The Balaban J connectivity index is 1.47. The number of benzene rings is 1. The summed E-state index contributed by atoms with van der Waals surface area (Å²) in [7, 11) is 0. The lowest BCUT2D eigenvalue weighted by atomic mass is 10.1. The minimum atomic E-state index is -0.168. The molecule has 3 aliphatic heterocycles. The minimum Gasteiger partial charge on any atom is -0.337 e. The van der Waals surface area contributed by atoms with E-state index >= 15 is 0 Å². The molecule has 3 fully saturated rings. The zero-order valence-electron chi connectivity index (χ0n) is 12.7. The molecular formula is C17H20N2O2S. The Morgan fingerprint density at radius 2 is 2.00 bits per heavy atom. The molecule has 5 heteroatoms. The molecule has 2 amide bonds. The Morgan fingerprint density at radius 1 is 1.23 bits per heavy atom. The van der Waals surface area contributed by atoms with Crippen molar-refractivity contribution < 1.29 is 9.59 Å². The summed E-state index contributed by atoms with van der Waals surface area (Å²) in [4.78, 5) is 28.9. The summed E-state index contributed by atoms with van der Waals surface area (Å²) in [6, 6.07) is 8.36. The highest BCUT2D eigenvalue weighted by Crippen LogP contribution is 2.39. The first-order chi connectivity index (χ1) is 10.6. The van der Waals surface area contributed by atoms with Crippen molar-refractivity contribution in [2.75, 3.05) is 23.7 Å². The number of hydrogen-bond donors (Lipinski definition) is 0. The molecule has 3 saturated heterocycles. The first kappa shape index (κ1) is 14.1. The molecule has 4 nitrogen and oxygen atoms in total. The molecule has 2 bridgehead atoms. The molecular weight excluding hydrogens is 296 g/mol. The van der Waals surface area contributed by atoms with Crippen molar-refractivity contribution in [3.63, 3.8) is 0 Å². The van der Waals surface area contributed by atoms with E-state index in [0.29, 0.717) is 24.3 Å². The zero-order valence-corrected chi connectivity index (χ0v) is 13.5. The van der Waals surface area contributed by atoms with Gasteiger partial charge in [-0.05, 0) is 25.5 Å². The molecule has 0 aliphatic carbocycles. The molecule has 0 N–H and O–H groups in total. The second kappa shape index (κ2) is 5.30. The average molecular weight is 316 g/mol. The van der Waals surface area contributed by atoms with Crippen molar-refractivity contribution in [1.29, 1.82) is 0 Å². The Kier molecular flexibility index (Phi) is 3.40. The average Bonchev–Trinajstić information content (AvgIpc) is 3.22. The van der Waals surface area contributed by atoms with E-state index in [9.17, 15) is 9.59 Å². The number of rotatable bonds is 2. The van der Waals surface area contributed by atoms with Gasteiger partial charge in [-0.15, -0.1) is 0 Å². The topological polar surface area (TPSA) is 40.6 Å².